The minimum absolute atomic E-state index is 0.198. The molecule has 2 aromatic carbocycles. The fourth-order valence-electron chi connectivity index (χ4n) is 3.22. The predicted molar refractivity (Wildman–Crippen MR) is 99.7 cm³/mol. The second-order valence-electron chi connectivity index (χ2n) is 6.05. The number of rotatable bonds is 5. The van der Waals surface area contributed by atoms with Gasteiger partial charge in [-0.2, -0.15) is 0 Å². The van der Waals surface area contributed by atoms with Crippen LogP contribution in [0.4, 0.5) is 0 Å². The Hall–Kier alpha value is -1.92. The lowest BCUT2D eigenvalue weighted by molar-refractivity contribution is 0.240. The summed E-state index contributed by atoms with van der Waals surface area (Å²) in [5, 5.41) is 10.4. The standard InChI is InChI=1S/C19H22BrNO4/c1-23-16-7-12-4-5-21(10-13(12)8-17(16)24-2)11-14-6-15(20)9-18(25-3)19(14)22/h6-9,22H,4-5,10-11H2,1-3H3. The summed E-state index contributed by atoms with van der Waals surface area (Å²) >= 11 is 3.47. The van der Waals surface area contributed by atoms with E-state index < -0.39 is 0 Å². The summed E-state index contributed by atoms with van der Waals surface area (Å²) in [7, 11) is 4.86. The van der Waals surface area contributed by atoms with E-state index in [1.807, 2.05) is 12.1 Å². The third-order valence-corrected chi connectivity index (χ3v) is 4.99. The van der Waals surface area contributed by atoms with E-state index in [2.05, 4.69) is 26.9 Å². The molecule has 0 aliphatic carbocycles. The van der Waals surface area contributed by atoms with Crippen LogP contribution in [0.15, 0.2) is 28.7 Å². The first-order valence-corrected chi connectivity index (χ1v) is 8.86. The van der Waals surface area contributed by atoms with Crippen molar-refractivity contribution in [2.24, 2.45) is 0 Å². The molecule has 6 heteroatoms. The van der Waals surface area contributed by atoms with Gasteiger partial charge in [-0.05, 0) is 41.8 Å². The van der Waals surface area contributed by atoms with Gasteiger partial charge in [0.05, 0.1) is 21.3 Å². The van der Waals surface area contributed by atoms with E-state index in [9.17, 15) is 5.11 Å². The Morgan fingerprint density at radius 2 is 1.60 bits per heavy atom. The number of aromatic hydroxyl groups is 1. The molecular weight excluding hydrogens is 386 g/mol. The van der Waals surface area contributed by atoms with Crippen molar-refractivity contribution in [3.8, 4) is 23.0 Å². The van der Waals surface area contributed by atoms with Crippen LogP contribution in [0.5, 0.6) is 23.0 Å². The van der Waals surface area contributed by atoms with Crippen LogP contribution in [0.1, 0.15) is 16.7 Å². The van der Waals surface area contributed by atoms with E-state index in [1.165, 1.54) is 11.1 Å². The van der Waals surface area contributed by atoms with Crippen molar-refractivity contribution in [3.63, 3.8) is 0 Å². The molecule has 2 aromatic rings. The van der Waals surface area contributed by atoms with E-state index in [4.69, 9.17) is 14.2 Å². The summed E-state index contributed by atoms with van der Waals surface area (Å²) in [6.45, 7) is 2.36. The van der Waals surface area contributed by atoms with Gasteiger partial charge in [-0.3, -0.25) is 4.90 Å². The molecule has 0 unspecified atom stereocenters. The van der Waals surface area contributed by atoms with Gasteiger partial charge in [-0.1, -0.05) is 15.9 Å². The van der Waals surface area contributed by atoms with Crippen LogP contribution in [-0.4, -0.2) is 37.9 Å². The van der Waals surface area contributed by atoms with Crippen molar-refractivity contribution < 1.29 is 19.3 Å². The topological polar surface area (TPSA) is 51.2 Å². The lowest BCUT2D eigenvalue weighted by Gasteiger charge is -2.30. The Kier molecular flexibility index (Phi) is 5.39. The minimum atomic E-state index is 0.198. The fourth-order valence-corrected chi connectivity index (χ4v) is 3.71. The fraction of sp³-hybridized carbons (Fsp3) is 0.368. The third-order valence-electron chi connectivity index (χ3n) is 4.53. The molecule has 5 nitrogen and oxygen atoms in total. The highest BCUT2D eigenvalue weighted by Crippen LogP contribution is 2.36. The monoisotopic (exact) mass is 407 g/mol. The van der Waals surface area contributed by atoms with Gasteiger partial charge in [0, 0.05) is 29.7 Å². The van der Waals surface area contributed by atoms with Crippen LogP contribution < -0.4 is 14.2 Å². The molecule has 1 N–H and O–H groups in total. The molecule has 25 heavy (non-hydrogen) atoms. The number of benzene rings is 2. The van der Waals surface area contributed by atoms with Crippen LogP contribution in [0.3, 0.4) is 0 Å². The van der Waals surface area contributed by atoms with Gasteiger partial charge in [-0.15, -0.1) is 0 Å². The van der Waals surface area contributed by atoms with Crippen molar-refractivity contribution >= 4 is 15.9 Å². The molecule has 3 rings (SSSR count). The number of nitrogens with zero attached hydrogens (tertiary/aromatic N) is 1. The van der Waals surface area contributed by atoms with Crippen LogP contribution in [0, 0.1) is 0 Å². The van der Waals surface area contributed by atoms with E-state index in [0.717, 1.165) is 41.0 Å². The maximum atomic E-state index is 10.4. The molecule has 134 valence electrons. The number of methoxy groups -OCH3 is 3. The molecule has 0 atom stereocenters. The molecular formula is C19H22BrNO4. The Balaban J connectivity index is 1.83. The predicted octanol–water partition coefficient (Wildman–Crippen LogP) is 3.74. The third kappa shape index (κ3) is 3.70. The van der Waals surface area contributed by atoms with E-state index in [1.54, 1.807) is 27.4 Å². The summed E-state index contributed by atoms with van der Waals surface area (Å²) in [6.07, 6.45) is 0.932. The zero-order valence-electron chi connectivity index (χ0n) is 14.6. The molecule has 0 fully saturated rings. The van der Waals surface area contributed by atoms with Gasteiger partial charge in [0.2, 0.25) is 0 Å². The minimum Gasteiger partial charge on any atom is -0.504 e. The van der Waals surface area contributed by atoms with E-state index >= 15 is 0 Å². The molecule has 0 aromatic heterocycles. The van der Waals surface area contributed by atoms with E-state index in [-0.39, 0.29) is 5.75 Å². The largest absolute Gasteiger partial charge is 0.504 e. The van der Waals surface area contributed by atoms with Crippen molar-refractivity contribution in [3.05, 3.63) is 45.4 Å². The molecule has 1 aliphatic heterocycles. The summed E-state index contributed by atoms with van der Waals surface area (Å²) in [5.41, 5.74) is 3.35. The Labute approximate surface area is 156 Å². The molecule has 0 saturated carbocycles. The van der Waals surface area contributed by atoms with Crippen molar-refractivity contribution in [1.29, 1.82) is 0 Å². The van der Waals surface area contributed by atoms with Crippen LogP contribution >= 0.6 is 15.9 Å². The van der Waals surface area contributed by atoms with Gasteiger partial charge in [0.15, 0.2) is 23.0 Å². The first kappa shape index (κ1) is 17.9. The van der Waals surface area contributed by atoms with Gasteiger partial charge in [0.25, 0.3) is 0 Å². The molecule has 0 spiro atoms. The Morgan fingerprint density at radius 1 is 0.960 bits per heavy atom. The zero-order valence-corrected chi connectivity index (χ0v) is 16.2. The first-order chi connectivity index (χ1) is 12.0. The van der Waals surface area contributed by atoms with Gasteiger partial charge >= 0.3 is 0 Å². The average Bonchev–Trinajstić information content (AvgIpc) is 2.63. The lowest BCUT2D eigenvalue weighted by Crippen LogP contribution is -2.30. The number of ether oxygens (including phenoxy) is 3. The quantitative estimate of drug-likeness (QED) is 0.817. The normalized spacial score (nSPS) is 14.1. The smallest absolute Gasteiger partial charge is 0.162 e. The summed E-state index contributed by atoms with van der Waals surface area (Å²) in [6, 6.07) is 7.80. The molecule has 0 amide bonds. The maximum absolute atomic E-state index is 10.4. The van der Waals surface area contributed by atoms with Gasteiger partial charge in [-0.25, -0.2) is 0 Å². The lowest BCUT2D eigenvalue weighted by atomic mass is 9.98. The number of phenolic OH excluding ortho intramolecular Hbond substituents is 1. The highest BCUT2D eigenvalue weighted by molar-refractivity contribution is 9.10. The summed E-state index contributed by atoms with van der Waals surface area (Å²) in [5.74, 6) is 2.19. The van der Waals surface area contributed by atoms with Crippen molar-refractivity contribution in [1.82, 2.24) is 4.90 Å². The molecule has 0 radical (unpaired) electrons. The highest BCUT2D eigenvalue weighted by atomic mass is 79.9. The van der Waals surface area contributed by atoms with Gasteiger partial charge < -0.3 is 19.3 Å². The molecule has 0 saturated heterocycles. The Bertz CT molecular complexity index is 779. The summed E-state index contributed by atoms with van der Waals surface area (Å²) < 4.78 is 16.9. The van der Waals surface area contributed by atoms with E-state index in [0.29, 0.717) is 12.3 Å². The van der Waals surface area contributed by atoms with Gasteiger partial charge in [0.1, 0.15) is 0 Å². The molecule has 0 bridgehead atoms. The Morgan fingerprint density at radius 3 is 2.24 bits per heavy atom. The zero-order chi connectivity index (χ0) is 18.0. The number of halogens is 1. The summed E-state index contributed by atoms with van der Waals surface area (Å²) in [4.78, 5) is 2.30. The van der Waals surface area contributed by atoms with Crippen LogP contribution in [-0.2, 0) is 19.5 Å². The first-order valence-electron chi connectivity index (χ1n) is 8.07. The SMILES string of the molecule is COc1cc2c(cc1OC)CN(Cc1cc(Br)cc(OC)c1O)CC2. The van der Waals surface area contributed by atoms with Crippen molar-refractivity contribution in [2.45, 2.75) is 19.5 Å². The highest BCUT2D eigenvalue weighted by Gasteiger charge is 2.21. The van der Waals surface area contributed by atoms with Crippen LogP contribution in [0.25, 0.3) is 0 Å². The average molecular weight is 408 g/mol. The van der Waals surface area contributed by atoms with Crippen LogP contribution in [0.2, 0.25) is 0 Å². The second-order valence-corrected chi connectivity index (χ2v) is 6.97. The number of hydrogen-bond donors (Lipinski definition) is 1. The number of phenols is 1. The molecule has 1 aliphatic rings. The number of fused-ring (bicyclic) bond motifs is 1. The van der Waals surface area contributed by atoms with Crippen molar-refractivity contribution in [2.75, 3.05) is 27.9 Å². The number of hydrogen-bond acceptors (Lipinski definition) is 5. The maximum Gasteiger partial charge on any atom is 0.162 e. The second kappa shape index (κ2) is 7.54. The molecule has 1 heterocycles.